The SMILES string of the molecule is CC(C)(CBr)CN1CCSCC1S(C)(=O)=O. The van der Waals surface area contributed by atoms with Gasteiger partial charge in [-0.3, -0.25) is 4.90 Å². The largest absolute Gasteiger partial charge is 0.285 e. The van der Waals surface area contributed by atoms with Crippen LogP contribution in [0.25, 0.3) is 0 Å². The molecule has 0 aliphatic carbocycles. The van der Waals surface area contributed by atoms with E-state index in [9.17, 15) is 8.42 Å². The number of halogens is 1. The van der Waals surface area contributed by atoms with Crippen molar-refractivity contribution in [2.45, 2.75) is 19.2 Å². The molecule has 1 fully saturated rings. The van der Waals surface area contributed by atoms with E-state index >= 15 is 0 Å². The molecular weight excluding hydrogens is 310 g/mol. The van der Waals surface area contributed by atoms with Crippen LogP contribution in [0.4, 0.5) is 0 Å². The average Bonchev–Trinajstić information content (AvgIpc) is 2.16. The van der Waals surface area contributed by atoms with Crippen molar-refractivity contribution in [2.24, 2.45) is 5.41 Å². The van der Waals surface area contributed by atoms with Gasteiger partial charge in [0, 0.05) is 36.2 Å². The Balaban J connectivity index is 2.76. The van der Waals surface area contributed by atoms with Crippen LogP contribution in [0.5, 0.6) is 0 Å². The second-order valence-electron chi connectivity index (χ2n) is 5.13. The van der Waals surface area contributed by atoms with Gasteiger partial charge in [-0.2, -0.15) is 11.8 Å². The van der Waals surface area contributed by atoms with Gasteiger partial charge < -0.3 is 0 Å². The maximum atomic E-state index is 11.7. The topological polar surface area (TPSA) is 37.4 Å². The van der Waals surface area contributed by atoms with E-state index in [1.807, 2.05) is 0 Å². The second-order valence-corrected chi connectivity index (χ2v) is 9.04. The lowest BCUT2D eigenvalue weighted by Gasteiger charge is -2.38. The standard InChI is InChI=1S/C10H20BrNO2S2/c1-10(2,7-11)8-12-4-5-15-6-9(12)16(3,13)14/h9H,4-8H2,1-3H3. The van der Waals surface area contributed by atoms with Crippen LogP contribution >= 0.6 is 27.7 Å². The molecule has 0 amide bonds. The van der Waals surface area contributed by atoms with Crippen molar-refractivity contribution in [3.63, 3.8) is 0 Å². The van der Waals surface area contributed by atoms with Crippen molar-refractivity contribution < 1.29 is 8.42 Å². The number of nitrogens with zero attached hydrogens (tertiary/aromatic N) is 1. The first kappa shape index (κ1) is 14.8. The lowest BCUT2D eigenvalue weighted by molar-refractivity contribution is 0.192. The minimum absolute atomic E-state index is 0.116. The van der Waals surface area contributed by atoms with E-state index in [1.54, 1.807) is 11.8 Å². The molecule has 1 rings (SSSR count). The van der Waals surface area contributed by atoms with E-state index in [1.165, 1.54) is 6.26 Å². The molecule has 16 heavy (non-hydrogen) atoms. The summed E-state index contributed by atoms with van der Waals surface area (Å²) in [4.78, 5) is 2.12. The summed E-state index contributed by atoms with van der Waals surface area (Å²) in [6.07, 6.45) is 1.34. The Hall–Kier alpha value is 0.740. The van der Waals surface area contributed by atoms with Gasteiger partial charge in [-0.15, -0.1) is 0 Å². The van der Waals surface area contributed by atoms with E-state index in [0.29, 0.717) is 5.75 Å². The maximum absolute atomic E-state index is 11.7. The summed E-state index contributed by atoms with van der Waals surface area (Å²) in [5, 5.41) is 0.588. The summed E-state index contributed by atoms with van der Waals surface area (Å²) in [6, 6.07) is 0. The molecule has 1 aliphatic rings. The number of rotatable bonds is 4. The monoisotopic (exact) mass is 329 g/mol. The van der Waals surface area contributed by atoms with Crippen LogP contribution in [-0.4, -0.2) is 54.9 Å². The quantitative estimate of drug-likeness (QED) is 0.737. The van der Waals surface area contributed by atoms with Gasteiger partial charge in [0.1, 0.15) is 5.37 Å². The molecule has 1 saturated heterocycles. The second kappa shape index (κ2) is 5.59. The van der Waals surface area contributed by atoms with Crippen LogP contribution in [0.2, 0.25) is 0 Å². The van der Waals surface area contributed by atoms with Gasteiger partial charge >= 0.3 is 0 Å². The molecule has 6 heteroatoms. The molecule has 0 aromatic rings. The summed E-state index contributed by atoms with van der Waals surface area (Å²) in [7, 11) is -2.97. The summed E-state index contributed by atoms with van der Waals surface area (Å²) in [5.41, 5.74) is 0.116. The average molecular weight is 330 g/mol. The molecule has 1 aliphatic heterocycles. The molecule has 0 radical (unpaired) electrons. The highest BCUT2D eigenvalue weighted by Crippen LogP contribution is 2.26. The van der Waals surface area contributed by atoms with Gasteiger partial charge in [0.25, 0.3) is 0 Å². The van der Waals surface area contributed by atoms with Gasteiger partial charge in [0.15, 0.2) is 9.84 Å². The van der Waals surface area contributed by atoms with Crippen molar-refractivity contribution in [3.05, 3.63) is 0 Å². The first-order chi connectivity index (χ1) is 7.26. The third-order valence-electron chi connectivity index (χ3n) is 2.68. The van der Waals surface area contributed by atoms with Crippen molar-refractivity contribution in [1.29, 1.82) is 0 Å². The van der Waals surface area contributed by atoms with Crippen molar-refractivity contribution in [2.75, 3.05) is 36.2 Å². The van der Waals surface area contributed by atoms with Crippen LogP contribution in [0.1, 0.15) is 13.8 Å². The van der Waals surface area contributed by atoms with Gasteiger partial charge in [-0.05, 0) is 5.41 Å². The molecule has 0 aromatic heterocycles. The fourth-order valence-electron chi connectivity index (χ4n) is 1.78. The third-order valence-corrected chi connectivity index (χ3v) is 6.88. The first-order valence-corrected chi connectivity index (χ1v) is 9.56. The van der Waals surface area contributed by atoms with E-state index in [-0.39, 0.29) is 10.8 Å². The Morgan fingerprint density at radius 1 is 1.50 bits per heavy atom. The van der Waals surface area contributed by atoms with Crippen molar-refractivity contribution in [1.82, 2.24) is 4.90 Å². The zero-order chi connectivity index (χ0) is 12.4. The summed E-state index contributed by atoms with van der Waals surface area (Å²) in [5.74, 6) is 1.74. The third kappa shape index (κ3) is 4.20. The molecule has 96 valence electrons. The Bertz CT molecular complexity index is 330. The molecule has 1 unspecified atom stereocenters. The van der Waals surface area contributed by atoms with Gasteiger partial charge in [0.2, 0.25) is 0 Å². The lowest BCUT2D eigenvalue weighted by atomic mass is 9.96. The first-order valence-electron chi connectivity index (χ1n) is 5.33. The van der Waals surface area contributed by atoms with Crippen molar-refractivity contribution >= 4 is 37.5 Å². The Kier molecular flexibility index (Phi) is 5.17. The lowest BCUT2D eigenvalue weighted by Crippen LogP contribution is -2.50. The summed E-state index contributed by atoms with van der Waals surface area (Å²) < 4.78 is 23.4. The zero-order valence-corrected chi connectivity index (χ0v) is 13.3. The van der Waals surface area contributed by atoms with Crippen LogP contribution in [0.15, 0.2) is 0 Å². The molecule has 0 N–H and O–H groups in total. The summed E-state index contributed by atoms with van der Waals surface area (Å²) in [6.45, 7) is 6.01. The number of thioether (sulfide) groups is 1. The van der Waals surface area contributed by atoms with E-state index in [2.05, 4.69) is 34.7 Å². The molecule has 0 bridgehead atoms. The van der Waals surface area contributed by atoms with Crippen LogP contribution in [0, 0.1) is 5.41 Å². The predicted molar refractivity (Wildman–Crippen MR) is 75.1 cm³/mol. The Morgan fingerprint density at radius 3 is 2.62 bits per heavy atom. The molecular formula is C10H20BrNO2S2. The van der Waals surface area contributed by atoms with Gasteiger partial charge in [0.05, 0.1) is 0 Å². The van der Waals surface area contributed by atoms with Crippen LogP contribution in [-0.2, 0) is 9.84 Å². The van der Waals surface area contributed by atoms with E-state index in [4.69, 9.17) is 0 Å². The minimum atomic E-state index is -2.97. The number of sulfone groups is 1. The fraction of sp³-hybridized carbons (Fsp3) is 1.00. The molecule has 0 spiro atoms. The number of hydrogen-bond acceptors (Lipinski definition) is 4. The molecule has 3 nitrogen and oxygen atoms in total. The summed E-state index contributed by atoms with van der Waals surface area (Å²) >= 11 is 5.22. The highest BCUT2D eigenvalue weighted by Gasteiger charge is 2.33. The van der Waals surface area contributed by atoms with Gasteiger partial charge in [-0.1, -0.05) is 29.8 Å². The smallest absolute Gasteiger partial charge is 0.164 e. The zero-order valence-electron chi connectivity index (χ0n) is 10.1. The van der Waals surface area contributed by atoms with Crippen LogP contribution in [0.3, 0.4) is 0 Å². The number of hydrogen-bond donors (Lipinski definition) is 0. The van der Waals surface area contributed by atoms with E-state index in [0.717, 1.165) is 24.2 Å². The fourth-order valence-corrected chi connectivity index (χ4v) is 4.90. The van der Waals surface area contributed by atoms with Gasteiger partial charge in [-0.25, -0.2) is 8.42 Å². The highest BCUT2D eigenvalue weighted by molar-refractivity contribution is 9.09. The number of alkyl halides is 1. The normalized spacial score (nSPS) is 24.6. The Labute approximate surface area is 111 Å². The van der Waals surface area contributed by atoms with E-state index < -0.39 is 9.84 Å². The molecule has 1 heterocycles. The highest BCUT2D eigenvalue weighted by atomic mass is 79.9. The Morgan fingerprint density at radius 2 is 2.12 bits per heavy atom. The van der Waals surface area contributed by atoms with Crippen molar-refractivity contribution in [3.8, 4) is 0 Å². The minimum Gasteiger partial charge on any atom is -0.285 e. The maximum Gasteiger partial charge on any atom is 0.164 e. The van der Waals surface area contributed by atoms with Crippen LogP contribution < -0.4 is 0 Å². The molecule has 1 atom stereocenters. The molecule has 0 saturated carbocycles. The predicted octanol–water partition coefficient (Wildman–Crippen LogP) is 1.83. The molecule has 0 aromatic carbocycles.